The Bertz CT molecular complexity index is 803. The van der Waals surface area contributed by atoms with Gasteiger partial charge in [0, 0.05) is 11.3 Å². The van der Waals surface area contributed by atoms with E-state index in [1.165, 1.54) is 5.57 Å². The average molecular weight is 307 g/mol. The summed E-state index contributed by atoms with van der Waals surface area (Å²) in [5.41, 5.74) is 4.74. The molecule has 0 amide bonds. The maximum atomic E-state index is 12.3. The zero-order valence-electron chi connectivity index (χ0n) is 13.9. The molecular formula is C20H21NO2. The Morgan fingerprint density at radius 3 is 2.57 bits per heavy atom. The summed E-state index contributed by atoms with van der Waals surface area (Å²) < 4.78 is 5.55. The largest absolute Gasteiger partial charge is 0.423 e. The summed E-state index contributed by atoms with van der Waals surface area (Å²) in [5, 5.41) is 3.47. The van der Waals surface area contributed by atoms with Gasteiger partial charge in [0.15, 0.2) is 0 Å². The van der Waals surface area contributed by atoms with E-state index in [2.05, 4.69) is 32.2 Å². The lowest BCUT2D eigenvalue weighted by Gasteiger charge is -2.31. The molecule has 0 saturated heterocycles. The molecule has 23 heavy (non-hydrogen) atoms. The van der Waals surface area contributed by atoms with Gasteiger partial charge in [0.05, 0.1) is 11.1 Å². The van der Waals surface area contributed by atoms with Gasteiger partial charge in [-0.25, -0.2) is 4.79 Å². The minimum atomic E-state index is -0.325. The van der Waals surface area contributed by atoms with Crippen molar-refractivity contribution in [2.75, 3.05) is 5.32 Å². The van der Waals surface area contributed by atoms with Crippen LogP contribution in [0.2, 0.25) is 0 Å². The number of nitrogens with one attached hydrogen (secondary N) is 1. The van der Waals surface area contributed by atoms with Crippen molar-refractivity contribution in [2.45, 2.75) is 33.2 Å². The van der Waals surface area contributed by atoms with Crippen LogP contribution in [-0.2, 0) is 0 Å². The van der Waals surface area contributed by atoms with Crippen molar-refractivity contribution >= 4 is 17.2 Å². The molecule has 1 aliphatic heterocycles. The summed E-state index contributed by atoms with van der Waals surface area (Å²) in [6.07, 6.45) is 2.18. The molecular weight excluding hydrogens is 286 g/mol. The Morgan fingerprint density at radius 2 is 1.83 bits per heavy atom. The van der Waals surface area contributed by atoms with Crippen LogP contribution in [0.4, 0.5) is 5.69 Å². The summed E-state index contributed by atoms with van der Waals surface area (Å²) in [6, 6.07) is 13.2. The first-order valence-electron chi connectivity index (χ1n) is 7.76. The van der Waals surface area contributed by atoms with Crippen LogP contribution in [0, 0.1) is 6.92 Å². The van der Waals surface area contributed by atoms with Crippen molar-refractivity contribution in [3.05, 3.63) is 65.2 Å². The smallest absolute Gasteiger partial charge is 0.343 e. The van der Waals surface area contributed by atoms with Gasteiger partial charge in [-0.3, -0.25) is 0 Å². The first kappa shape index (κ1) is 15.3. The van der Waals surface area contributed by atoms with Crippen LogP contribution in [0.15, 0.2) is 48.5 Å². The number of ether oxygens (including phenoxy) is 1. The van der Waals surface area contributed by atoms with Gasteiger partial charge in [0.1, 0.15) is 5.75 Å². The monoisotopic (exact) mass is 307 g/mol. The van der Waals surface area contributed by atoms with E-state index in [9.17, 15) is 4.79 Å². The van der Waals surface area contributed by atoms with Crippen LogP contribution >= 0.6 is 0 Å². The fourth-order valence-corrected chi connectivity index (χ4v) is 2.99. The number of anilines is 1. The summed E-state index contributed by atoms with van der Waals surface area (Å²) in [4.78, 5) is 12.3. The van der Waals surface area contributed by atoms with Crippen molar-refractivity contribution < 1.29 is 9.53 Å². The third-order valence-corrected chi connectivity index (χ3v) is 4.03. The number of allylic oxidation sites excluding steroid dienone is 1. The zero-order chi connectivity index (χ0) is 16.6. The van der Waals surface area contributed by atoms with Crippen molar-refractivity contribution in [1.29, 1.82) is 0 Å². The molecule has 0 radical (unpaired) electrons. The molecule has 1 aliphatic rings. The second kappa shape index (κ2) is 5.58. The molecule has 0 spiro atoms. The summed E-state index contributed by atoms with van der Waals surface area (Å²) in [5.74, 6) is 0.236. The van der Waals surface area contributed by atoms with Gasteiger partial charge in [-0.1, -0.05) is 24.3 Å². The van der Waals surface area contributed by atoms with Crippen LogP contribution in [0.25, 0.3) is 5.57 Å². The minimum Gasteiger partial charge on any atom is -0.423 e. The van der Waals surface area contributed by atoms with E-state index in [1.54, 1.807) is 6.07 Å². The molecule has 1 N–H and O–H groups in total. The maximum Gasteiger partial charge on any atom is 0.343 e. The molecule has 0 saturated carbocycles. The first-order chi connectivity index (χ1) is 10.9. The second-order valence-electron chi connectivity index (χ2n) is 6.59. The van der Waals surface area contributed by atoms with Crippen LogP contribution in [0.3, 0.4) is 0 Å². The fourth-order valence-electron chi connectivity index (χ4n) is 2.99. The van der Waals surface area contributed by atoms with Crippen LogP contribution in [0.1, 0.15) is 42.3 Å². The predicted octanol–water partition coefficient (Wildman–Crippen LogP) is 4.82. The van der Waals surface area contributed by atoms with E-state index >= 15 is 0 Å². The molecule has 3 nitrogen and oxygen atoms in total. The topological polar surface area (TPSA) is 38.3 Å². The van der Waals surface area contributed by atoms with E-state index in [4.69, 9.17) is 4.74 Å². The minimum absolute atomic E-state index is 0.0730. The Hall–Kier alpha value is -2.55. The molecule has 118 valence electrons. The quantitative estimate of drug-likeness (QED) is 0.638. The van der Waals surface area contributed by atoms with Crippen molar-refractivity contribution in [2.24, 2.45) is 0 Å². The number of hydrogen-bond donors (Lipinski definition) is 1. The predicted molar refractivity (Wildman–Crippen MR) is 93.9 cm³/mol. The lowest BCUT2D eigenvalue weighted by atomic mass is 9.91. The number of rotatable bonds is 2. The highest BCUT2D eigenvalue weighted by atomic mass is 16.5. The van der Waals surface area contributed by atoms with Crippen molar-refractivity contribution in [3.8, 4) is 5.75 Å². The van der Waals surface area contributed by atoms with Crippen LogP contribution in [0.5, 0.6) is 5.75 Å². The van der Waals surface area contributed by atoms with Gasteiger partial charge in [-0.15, -0.1) is 0 Å². The standard InChI is InChI=1S/C20H21NO2/c1-13-7-5-6-8-16(13)19(22)23-15-9-10-18-17(11-15)14(2)12-20(3,4)21-18/h5-12,21H,1-4H3. The Balaban J connectivity index is 1.88. The Kier molecular flexibility index (Phi) is 3.72. The second-order valence-corrected chi connectivity index (χ2v) is 6.59. The summed E-state index contributed by atoms with van der Waals surface area (Å²) >= 11 is 0. The number of carbonyl (C=O) groups is 1. The van der Waals surface area contributed by atoms with E-state index in [0.717, 1.165) is 16.8 Å². The maximum absolute atomic E-state index is 12.3. The highest BCUT2D eigenvalue weighted by molar-refractivity contribution is 5.93. The molecule has 3 heteroatoms. The molecule has 0 bridgehead atoms. The lowest BCUT2D eigenvalue weighted by Crippen LogP contribution is -2.31. The Labute approximate surface area is 137 Å². The third-order valence-electron chi connectivity index (χ3n) is 4.03. The van der Waals surface area contributed by atoms with E-state index in [-0.39, 0.29) is 11.5 Å². The van der Waals surface area contributed by atoms with Gasteiger partial charge in [0.25, 0.3) is 0 Å². The number of carbonyl (C=O) groups excluding carboxylic acids is 1. The fraction of sp³-hybridized carbons (Fsp3) is 0.250. The molecule has 1 heterocycles. The van der Waals surface area contributed by atoms with E-state index in [1.807, 2.05) is 43.3 Å². The van der Waals surface area contributed by atoms with Crippen molar-refractivity contribution in [3.63, 3.8) is 0 Å². The molecule has 0 fully saturated rings. The first-order valence-corrected chi connectivity index (χ1v) is 7.76. The van der Waals surface area contributed by atoms with Gasteiger partial charge in [-0.2, -0.15) is 0 Å². The molecule has 2 aromatic rings. The van der Waals surface area contributed by atoms with Gasteiger partial charge in [0.2, 0.25) is 0 Å². The third kappa shape index (κ3) is 3.14. The molecule has 2 aromatic carbocycles. The van der Waals surface area contributed by atoms with E-state index < -0.39 is 0 Å². The number of hydrogen-bond acceptors (Lipinski definition) is 3. The zero-order valence-corrected chi connectivity index (χ0v) is 13.9. The van der Waals surface area contributed by atoms with Gasteiger partial charge < -0.3 is 10.1 Å². The lowest BCUT2D eigenvalue weighted by molar-refractivity contribution is 0.0734. The summed E-state index contributed by atoms with van der Waals surface area (Å²) in [7, 11) is 0. The number of benzene rings is 2. The molecule has 0 aliphatic carbocycles. The van der Waals surface area contributed by atoms with E-state index in [0.29, 0.717) is 11.3 Å². The summed E-state index contributed by atoms with van der Waals surface area (Å²) in [6.45, 7) is 8.24. The molecule has 0 aromatic heterocycles. The van der Waals surface area contributed by atoms with Crippen molar-refractivity contribution in [1.82, 2.24) is 0 Å². The molecule has 3 rings (SSSR count). The normalized spacial score (nSPS) is 15.2. The average Bonchev–Trinajstić information content (AvgIpc) is 2.47. The number of fused-ring (bicyclic) bond motifs is 1. The highest BCUT2D eigenvalue weighted by Crippen LogP contribution is 2.35. The van der Waals surface area contributed by atoms with Crippen LogP contribution < -0.4 is 10.1 Å². The highest BCUT2D eigenvalue weighted by Gasteiger charge is 2.23. The number of esters is 1. The van der Waals surface area contributed by atoms with Crippen LogP contribution in [-0.4, -0.2) is 11.5 Å². The Morgan fingerprint density at radius 1 is 1.09 bits per heavy atom. The number of aryl methyl sites for hydroxylation is 1. The van der Waals surface area contributed by atoms with Gasteiger partial charge in [-0.05, 0) is 63.1 Å². The SMILES string of the molecule is CC1=CC(C)(C)Nc2ccc(OC(=O)c3ccccc3C)cc21. The molecule has 0 atom stereocenters. The van der Waals surface area contributed by atoms with Gasteiger partial charge >= 0.3 is 5.97 Å². The molecule has 0 unspecified atom stereocenters.